The maximum atomic E-state index is 12.3. The van der Waals surface area contributed by atoms with Gasteiger partial charge in [0.2, 0.25) is 5.91 Å². The fourth-order valence-electron chi connectivity index (χ4n) is 3.16. The van der Waals surface area contributed by atoms with E-state index in [-0.39, 0.29) is 24.5 Å². The summed E-state index contributed by atoms with van der Waals surface area (Å²) in [6.45, 7) is 0.350. The first-order chi connectivity index (χ1) is 14.7. The molecule has 4 aromatic rings. The highest BCUT2D eigenvalue weighted by atomic mass is 32.1. The number of nitrogens with one attached hydrogen (secondary N) is 1. The van der Waals surface area contributed by atoms with Crippen molar-refractivity contribution < 1.29 is 9.59 Å². The van der Waals surface area contributed by atoms with E-state index < -0.39 is 0 Å². The lowest BCUT2D eigenvalue weighted by atomic mass is 10.1. The van der Waals surface area contributed by atoms with Gasteiger partial charge in [0.15, 0.2) is 5.78 Å². The fourth-order valence-corrected chi connectivity index (χ4v) is 3.86. The van der Waals surface area contributed by atoms with Crippen molar-refractivity contribution in [2.45, 2.75) is 19.4 Å². The van der Waals surface area contributed by atoms with E-state index >= 15 is 0 Å². The Hall–Kier alpha value is -3.51. The van der Waals surface area contributed by atoms with Crippen molar-refractivity contribution in [2.75, 3.05) is 0 Å². The van der Waals surface area contributed by atoms with E-state index in [1.54, 1.807) is 6.07 Å². The number of amides is 1. The number of thiophene rings is 1. The largest absolute Gasteiger partial charge is 0.352 e. The summed E-state index contributed by atoms with van der Waals surface area (Å²) in [6.07, 6.45) is 2.32. The van der Waals surface area contributed by atoms with Gasteiger partial charge in [-0.15, -0.1) is 11.3 Å². The summed E-state index contributed by atoms with van der Waals surface area (Å²) in [5, 5.41) is 9.55. The van der Waals surface area contributed by atoms with Crippen molar-refractivity contribution in [1.82, 2.24) is 15.1 Å². The van der Waals surface area contributed by atoms with Gasteiger partial charge in [-0.3, -0.25) is 9.59 Å². The highest BCUT2D eigenvalue weighted by Gasteiger charge is 2.14. The molecule has 5 nitrogen and oxygen atoms in total. The summed E-state index contributed by atoms with van der Waals surface area (Å²) in [4.78, 5) is 25.1. The Labute approximate surface area is 179 Å². The quantitative estimate of drug-likeness (QED) is 0.417. The van der Waals surface area contributed by atoms with Gasteiger partial charge in [0, 0.05) is 36.7 Å². The second-order valence-electron chi connectivity index (χ2n) is 6.83. The van der Waals surface area contributed by atoms with Crippen LogP contribution in [0.25, 0.3) is 16.9 Å². The number of rotatable bonds is 8. The smallest absolute Gasteiger partial charge is 0.220 e. The average Bonchev–Trinajstić information content (AvgIpc) is 3.48. The highest BCUT2D eigenvalue weighted by molar-refractivity contribution is 7.12. The number of nitrogens with zero attached hydrogens (tertiary/aromatic N) is 2. The zero-order valence-corrected chi connectivity index (χ0v) is 17.1. The number of Topliss-reactive ketones (excluding diaryl/α,β-unsaturated/α-hetero) is 1. The van der Waals surface area contributed by atoms with Gasteiger partial charge >= 0.3 is 0 Å². The second-order valence-corrected chi connectivity index (χ2v) is 7.77. The van der Waals surface area contributed by atoms with Crippen LogP contribution in [-0.4, -0.2) is 21.5 Å². The predicted octanol–water partition coefficient (Wildman–Crippen LogP) is 4.88. The van der Waals surface area contributed by atoms with Gasteiger partial charge in [-0.1, -0.05) is 54.6 Å². The molecule has 2 heterocycles. The molecule has 0 bridgehead atoms. The lowest BCUT2D eigenvalue weighted by Crippen LogP contribution is -2.23. The Morgan fingerprint density at radius 3 is 2.33 bits per heavy atom. The number of hydrogen-bond acceptors (Lipinski definition) is 4. The fraction of sp³-hybridized carbons (Fsp3) is 0.125. The van der Waals surface area contributed by atoms with Gasteiger partial charge in [-0.25, -0.2) is 4.68 Å². The number of para-hydroxylation sites is 1. The van der Waals surface area contributed by atoms with Crippen LogP contribution in [0.15, 0.2) is 84.4 Å². The Kier molecular flexibility index (Phi) is 6.15. The molecule has 2 aromatic carbocycles. The minimum Gasteiger partial charge on any atom is -0.352 e. The lowest BCUT2D eigenvalue weighted by Gasteiger charge is -2.05. The maximum Gasteiger partial charge on any atom is 0.220 e. The van der Waals surface area contributed by atoms with Crippen LogP contribution in [0.3, 0.4) is 0 Å². The van der Waals surface area contributed by atoms with Gasteiger partial charge < -0.3 is 5.32 Å². The molecule has 30 heavy (non-hydrogen) atoms. The van der Waals surface area contributed by atoms with Crippen molar-refractivity contribution in [3.63, 3.8) is 0 Å². The summed E-state index contributed by atoms with van der Waals surface area (Å²) in [6, 6.07) is 23.4. The number of carbonyl (C=O) groups excluding carboxylic acids is 2. The van der Waals surface area contributed by atoms with E-state index in [2.05, 4.69) is 5.32 Å². The van der Waals surface area contributed by atoms with E-state index in [1.165, 1.54) is 11.3 Å². The van der Waals surface area contributed by atoms with E-state index in [4.69, 9.17) is 5.10 Å². The summed E-state index contributed by atoms with van der Waals surface area (Å²) < 4.78 is 1.82. The molecule has 0 radical (unpaired) electrons. The molecule has 0 aliphatic rings. The molecular weight excluding hydrogens is 394 g/mol. The first-order valence-corrected chi connectivity index (χ1v) is 10.6. The standard InChI is InChI=1S/C24H21N3O2S/c28-21(22-12-7-15-30-22)13-14-23(29)25-16-19-17-27(20-10-5-2-6-11-20)26-24(19)18-8-3-1-4-9-18/h1-12,15,17H,13-14,16H2,(H,25,29). The van der Waals surface area contributed by atoms with Crippen LogP contribution in [-0.2, 0) is 11.3 Å². The SMILES string of the molecule is O=C(CCC(=O)c1cccs1)NCc1cn(-c2ccccc2)nc1-c1ccccc1. The molecular formula is C24H21N3O2S. The third-order valence-corrected chi connectivity index (χ3v) is 5.62. The molecule has 0 aliphatic carbocycles. The monoisotopic (exact) mass is 415 g/mol. The molecule has 0 fully saturated rings. The van der Waals surface area contributed by atoms with Gasteiger partial charge in [0.1, 0.15) is 0 Å². The van der Waals surface area contributed by atoms with E-state index in [9.17, 15) is 9.59 Å². The Morgan fingerprint density at radius 2 is 1.63 bits per heavy atom. The summed E-state index contributed by atoms with van der Waals surface area (Å²) in [5.74, 6) is -0.145. The topological polar surface area (TPSA) is 64.0 Å². The van der Waals surface area contributed by atoms with Crippen LogP contribution >= 0.6 is 11.3 Å². The van der Waals surface area contributed by atoms with Crippen molar-refractivity contribution in [3.05, 3.63) is 94.8 Å². The normalized spacial score (nSPS) is 10.7. The molecule has 2 aromatic heterocycles. The van der Waals surface area contributed by atoms with Gasteiger partial charge in [-0.2, -0.15) is 5.10 Å². The van der Waals surface area contributed by atoms with E-state index in [0.29, 0.717) is 11.4 Å². The highest BCUT2D eigenvalue weighted by Crippen LogP contribution is 2.23. The van der Waals surface area contributed by atoms with Crippen LogP contribution in [0.2, 0.25) is 0 Å². The van der Waals surface area contributed by atoms with Crippen molar-refractivity contribution >= 4 is 23.0 Å². The van der Waals surface area contributed by atoms with Gasteiger partial charge in [-0.05, 0) is 23.6 Å². The van der Waals surface area contributed by atoms with Crippen LogP contribution in [0.4, 0.5) is 0 Å². The zero-order valence-electron chi connectivity index (χ0n) is 16.3. The first kappa shape index (κ1) is 19.8. The Morgan fingerprint density at radius 1 is 0.900 bits per heavy atom. The van der Waals surface area contributed by atoms with E-state index in [1.807, 2.05) is 83.0 Å². The van der Waals surface area contributed by atoms with Gasteiger partial charge in [0.05, 0.1) is 16.3 Å². The van der Waals surface area contributed by atoms with Crippen molar-refractivity contribution in [1.29, 1.82) is 0 Å². The summed E-state index contributed by atoms with van der Waals surface area (Å²) in [7, 11) is 0. The third-order valence-electron chi connectivity index (χ3n) is 4.71. The second kappa shape index (κ2) is 9.33. The molecule has 1 N–H and O–H groups in total. The van der Waals surface area contributed by atoms with Crippen LogP contribution in [0.5, 0.6) is 0 Å². The number of carbonyl (C=O) groups is 2. The maximum absolute atomic E-state index is 12.3. The summed E-state index contributed by atoms with van der Waals surface area (Å²) in [5.41, 5.74) is 3.69. The average molecular weight is 416 g/mol. The minimum atomic E-state index is -0.147. The zero-order chi connectivity index (χ0) is 20.8. The number of ketones is 1. The van der Waals surface area contributed by atoms with E-state index in [0.717, 1.165) is 22.5 Å². The van der Waals surface area contributed by atoms with Crippen LogP contribution in [0, 0.1) is 0 Å². The third kappa shape index (κ3) is 4.72. The molecule has 0 spiro atoms. The Balaban J connectivity index is 1.46. The number of benzene rings is 2. The molecule has 0 unspecified atom stereocenters. The Bertz CT molecular complexity index is 1120. The van der Waals surface area contributed by atoms with Crippen molar-refractivity contribution in [3.8, 4) is 16.9 Å². The number of aromatic nitrogens is 2. The minimum absolute atomic E-state index is 0.00187. The first-order valence-electron chi connectivity index (χ1n) is 9.73. The lowest BCUT2D eigenvalue weighted by molar-refractivity contribution is -0.121. The molecule has 1 amide bonds. The van der Waals surface area contributed by atoms with Gasteiger partial charge in [0.25, 0.3) is 0 Å². The number of hydrogen-bond donors (Lipinski definition) is 1. The molecule has 4 rings (SSSR count). The summed E-state index contributed by atoms with van der Waals surface area (Å²) >= 11 is 1.40. The predicted molar refractivity (Wildman–Crippen MR) is 119 cm³/mol. The molecule has 0 saturated carbocycles. The molecule has 0 atom stereocenters. The molecule has 0 aliphatic heterocycles. The molecule has 150 valence electrons. The molecule has 0 saturated heterocycles. The molecule has 6 heteroatoms. The van der Waals surface area contributed by atoms with Crippen LogP contribution in [0.1, 0.15) is 28.1 Å². The van der Waals surface area contributed by atoms with Crippen LogP contribution < -0.4 is 5.32 Å². The van der Waals surface area contributed by atoms with Crippen molar-refractivity contribution in [2.24, 2.45) is 0 Å².